The average molecular weight is 465 g/mol. The SMILES string of the molecule is CC12CCC3C(CCC4CC5(CCC43C)OCCO5)C1CC=C2OS(=O)(=O)C(F)(F)F. The van der Waals surface area contributed by atoms with E-state index < -0.39 is 26.8 Å². The Bertz CT molecular complexity index is 878. The van der Waals surface area contributed by atoms with Crippen LogP contribution in [0.25, 0.3) is 0 Å². The van der Waals surface area contributed by atoms with Crippen molar-refractivity contribution in [3.05, 3.63) is 11.8 Å². The molecule has 3 saturated carbocycles. The fourth-order valence-corrected chi connectivity index (χ4v) is 8.37. The summed E-state index contributed by atoms with van der Waals surface area (Å²) in [5.74, 6) is 1.07. The molecule has 0 aromatic carbocycles. The van der Waals surface area contributed by atoms with Gasteiger partial charge in [-0.1, -0.05) is 13.8 Å². The Morgan fingerprint density at radius 1 is 1.03 bits per heavy atom. The highest BCUT2D eigenvalue weighted by Gasteiger charge is 2.62. The molecule has 0 aromatic rings. The quantitative estimate of drug-likeness (QED) is 0.419. The molecule has 4 fully saturated rings. The van der Waals surface area contributed by atoms with Gasteiger partial charge in [-0.05, 0) is 73.7 Å². The highest BCUT2D eigenvalue weighted by molar-refractivity contribution is 7.87. The van der Waals surface area contributed by atoms with E-state index in [-0.39, 0.29) is 17.1 Å². The molecule has 6 unspecified atom stereocenters. The third-order valence-electron chi connectivity index (χ3n) is 9.47. The lowest BCUT2D eigenvalue weighted by atomic mass is 9.45. The van der Waals surface area contributed by atoms with Crippen molar-refractivity contribution in [3.63, 3.8) is 0 Å². The fraction of sp³-hybridized carbons (Fsp3) is 0.909. The summed E-state index contributed by atoms with van der Waals surface area (Å²) in [6.07, 6.45) is 8.61. The first-order valence-electron chi connectivity index (χ1n) is 11.4. The van der Waals surface area contributed by atoms with Crippen LogP contribution in [-0.2, 0) is 23.8 Å². The predicted octanol–water partition coefficient (Wildman–Crippen LogP) is 5.13. The van der Waals surface area contributed by atoms with Crippen LogP contribution in [0.4, 0.5) is 13.2 Å². The van der Waals surface area contributed by atoms with Crippen LogP contribution in [0.2, 0.25) is 0 Å². The zero-order valence-electron chi connectivity index (χ0n) is 18.0. The summed E-state index contributed by atoms with van der Waals surface area (Å²) >= 11 is 0. The number of allylic oxidation sites excluding steroid dienone is 2. The molecule has 1 aliphatic heterocycles. The summed E-state index contributed by atoms with van der Waals surface area (Å²) in [7, 11) is -5.64. The van der Waals surface area contributed by atoms with Gasteiger partial charge in [0.25, 0.3) is 0 Å². The first-order valence-corrected chi connectivity index (χ1v) is 12.8. The average Bonchev–Trinajstić information content (AvgIpc) is 3.26. The molecule has 9 heteroatoms. The van der Waals surface area contributed by atoms with Crippen molar-refractivity contribution < 1.29 is 35.2 Å². The van der Waals surface area contributed by atoms with Crippen LogP contribution in [0.3, 0.4) is 0 Å². The number of rotatable bonds is 2. The lowest BCUT2D eigenvalue weighted by Crippen LogP contribution is -2.56. The van der Waals surface area contributed by atoms with E-state index in [0.29, 0.717) is 43.8 Å². The second-order valence-corrected chi connectivity index (χ2v) is 12.2. The second kappa shape index (κ2) is 6.86. The fourth-order valence-electron chi connectivity index (χ4n) is 7.78. The molecule has 0 amide bonds. The standard InChI is InChI=1S/C22H31F3O5S/c1-19-9-10-21(28-11-12-29-21)13-14(19)3-4-15-16-5-6-18(20(16,2)8-7-17(15)19)30-31(26,27)22(23,24)25/h6,14-17H,3-5,7-13H2,1-2H3. The summed E-state index contributed by atoms with van der Waals surface area (Å²) < 4.78 is 78.7. The van der Waals surface area contributed by atoms with E-state index in [1.807, 2.05) is 6.92 Å². The Labute approximate surface area is 181 Å². The van der Waals surface area contributed by atoms with Crippen molar-refractivity contribution >= 4 is 10.1 Å². The van der Waals surface area contributed by atoms with Crippen molar-refractivity contribution in [2.45, 2.75) is 76.5 Å². The number of fused-ring (bicyclic) bond motifs is 5. The van der Waals surface area contributed by atoms with Gasteiger partial charge in [-0.15, -0.1) is 0 Å². The minimum absolute atomic E-state index is 0.00379. The van der Waals surface area contributed by atoms with E-state index in [1.54, 1.807) is 6.08 Å². The molecular formula is C22H31F3O5S. The maximum Gasteiger partial charge on any atom is 0.534 e. The Morgan fingerprint density at radius 2 is 1.74 bits per heavy atom. The molecule has 5 rings (SSSR count). The van der Waals surface area contributed by atoms with Gasteiger partial charge in [-0.25, -0.2) is 0 Å². The van der Waals surface area contributed by atoms with Crippen LogP contribution in [0.5, 0.6) is 0 Å². The Balaban J connectivity index is 1.35. The highest BCUT2D eigenvalue weighted by atomic mass is 32.2. The molecule has 5 aliphatic rings. The largest absolute Gasteiger partial charge is 0.534 e. The van der Waals surface area contributed by atoms with Crippen LogP contribution in [-0.4, -0.2) is 32.9 Å². The molecule has 31 heavy (non-hydrogen) atoms. The van der Waals surface area contributed by atoms with Gasteiger partial charge in [0, 0.05) is 18.3 Å². The maximum atomic E-state index is 12.9. The Morgan fingerprint density at radius 3 is 2.42 bits per heavy atom. The van der Waals surface area contributed by atoms with E-state index in [1.165, 1.54) is 0 Å². The van der Waals surface area contributed by atoms with E-state index in [0.717, 1.165) is 38.5 Å². The molecule has 0 aromatic heterocycles. The van der Waals surface area contributed by atoms with Crippen LogP contribution < -0.4 is 0 Å². The number of ether oxygens (including phenoxy) is 2. The lowest BCUT2D eigenvalue weighted by molar-refractivity contribution is -0.228. The van der Waals surface area contributed by atoms with Gasteiger partial charge in [0.15, 0.2) is 5.79 Å². The molecule has 0 bridgehead atoms. The number of hydrogen-bond acceptors (Lipinski definition) is 5. The maximum absolute atomic E-state index is 12.9. The minimum atomic E-state index is -5.64. The molecule has 1 heterocycles. The first kappa shape index (κ1) is 22.0. The zero-order chi connectivity index (χ0) is 22.3. The van der Waals surface area contributed by atoms with E-state index in [9.17, 15) is 21.6 Å². The molecule has 0 N–H and O–H groups in total. The summed E-state index contributed by atoms with van der Waals surface area (Å²) in [6.45, 7) is 5.59. The Hall–Kier alpha value is -0.800. The monoisotopic (exact) mass is 464 g/mol. The molecule has 4 aliphatic carbocycles. The van der Waals surface area contributed by atoms with Gasteiger partial charge in [0.1, 0.15) is 5.76 Å². The van der Waals surface area contributed by atoms with E-state index in [2.05, 4.69) is 11.1 Å². The number of halogens is 3. The molecule has 176 valence electrons. The molecular weight excluding hydrogens is 433 g/mol. The predicted molar refractivity (Wildman–Crippen MR) is 106 cm³/mol. The molecule has 1 saturated heterocycles. The van der Waals surface area contributed by atoms with Gasteiger partial charge < -0.3 is 13.7 Å². The summed E-state index contributed by atoms with van der Waals surface area (Å²) in [5, 5.41) is 0. The van der Waals surface area contributed by atoms with Gasteiger partial charge in [-0.3, -0.25) is 0 Å². The molecule has 5 nitrogen and oxygen atoms in total. The molecule has 6 atom stereocenters. The van der Waals surface area contributed by atoms with Gasteiger partial charge in [0.05, 0.1) is 13.2 Å². The number of alkyl halides is 3. The van der Waals surface area contributed by atoms with Crippen molar-refractivity contribution in [3.8, 4) is 0 Å². The van der Waals surface area contributed by atoms with Crippen molar-refractivity contribution in [1.29, 1.82) is 0 Å². The third-order valence-corrected chi connectivity index (χ3v) is 10.4. The third kappa shape index (κ3) is 3.20. The van der Waals surface area contributed by atoms with E-state index in [4.69, 9.17) is 9.47 Å². The first-order chi connectivity index (χ1) is 14.4. The highest BCUT2D eigenvalue weighted by Crippen LogP contribution is 2.67. The Kier molecular flexibility index (Phi) is 4.87. The molecule has 1 spiro atoms. The van der Waals surface area contributed by atoms with Gasteiger partial charge in [0.2, 0.25) is 0 Å². The summed E-state index contributed by atoms with van der Waals surface area (Å²) in [5.41, 5.74) is -5.91. The summed E-state index contributed by atoms with van der Waals surface area (Å²) in [6, 6.07) is 0. The van der Waals surface area contributed by atoms with Crippen LogP contribution in [0.15, 0.2) is 11.8 Å². The summed E-state index contributed by atoms with van der Waals surface area (Å²) in [4.78, 5) is 0. The second-order valence-electron chi connectivity index (χ2n) is 10.7. The topological polar surface area (TPSA) is 61.8 Å². The van der Waals surface area contributed by atoms with Crippen LogP contribution in [0.1, 0.15) is 65.2 Å². The van der Waals surface area contributed by atoms with Gasteiger partial charge in [-0.2, -0.15) is 21.6 Å². The van der Waals surface area contributed by atoms with Crippen LogP contribution >= 0.6 is 0 Å². The smallest absolute Gasteiger partial charge is 0.380 e. The number of hydrogen-bond donors (Lipinski definition) is 0. The normalized spacial score (nSPS) is 44.4. The van der Waals surface area contributed by atoms with Crippen molar-refractivity contribution in [2.24, 2.45) is 34.5 Å². The lowest BCUT2D eigenvalue weighted by Gasteiger charge is -2.61. The van der Waals surface area contributed by atoms with Crippen molar-refractivity contribution in [2.75, 3.05) is 13.2 Å². The van der Waals surface area contributed by atoms with Crippen molar-refractivity contribution in [1.82, 2.24) is 0 Å². The minimum Gasteiger partial charge on any atom is -0.380 e. The molecule has 0 radical (unpaired) electrons. The zero-order valence-corrected chi connectivity index (χ0v) is 18.9. The van der Waals surface area contributed by atoms with Crippen LogP contribution in [0, 0.1) is 34.5 Å². The van der Waals surface area contributed by atoms with Gasteiger partial charge >= 0.3 is 15.6 Å². The van der Waals surface area contributed by atoms with E-state index >= 15 is 0 Å².